The summed E-state index contributed by atoms with van der Waals surface area (Å²) in [5.74, 6) is 1.64. The quantitative estimate of drug-likeness (QED) is 0.687. The molecule has 0 radical (unpaired) electrons. The lowest BCUT2D eigenvalue weighted by Gasteiger charge is -2.20. The molecule has 1 N–H and O–H groups in total. The smallest absolute Gasteiger partial charge is 0.151 e. The van der Waals surface area contributed by atoms with E-state index < -0.39 is 0 Å². The lowest BCUT2D eigenvalue weighted by Crippen LogP contribution is -2.26. The Morgan fingerprint density at radius 3 is 2.78 bits per heavy atom. The normalized spacial score (nSPS) is 11.7. The van der Waals surface area contributed by atoms with Gasteiger partial charge in [0.05, 0.1) is 12.2 Å². The number of nitrogens with zero attached hydrogens (tertiary/aromatic N) is 2. The van der Waals surface area contributed by atoms with Gasteiger partial charge in [-0.15, -0.1) is 0 Å². The molecular formula is C14H27N3O. The van der Waals surface area contributed by atoms with Crippen molar-refractivity contribution in [3.63, 3.8) is 0 Å². The maximum Gasteiger partial charge on any atom is 0.151 e. The molecule has 18 heavy (non-hydrogen) atoms. The van der Waals surface area contributed by atoms with Crippen molar-refractivity contribution in [1.82, 2.24) is 15.4 Å². The zero-order valence-electron chi connectivity index (χ0n) is 12.2. The van der Waals surface area contributed by atoms with Gasteiger partial charge in [-0.2, -0.15) is 0 Å². The van der Waals surface area contributed by atoms with E-state index >= 15 is 0 Å². The van der Waals surface area contributed by atoms with Crippen molar-refractivity contribution < 1.29 is 4.52 Å². The Morgan fingerprint density at radius 2 is 2.17 bits per heavy atom. The predicted octanol–water partition coefficient (Wildman–Crippen LogP) is 2.65. The highest BCUT2D eigenvalue weighted by molar-refractivity contribution is 5.05. The predicted molar refractivity (Wildman–Crippen MR) is 74.3 cm³/mol. The highest BCUT2D eigenvalue weighted by Crippen LogP contribution is 2.09. The molecule has 1 heterocycles. The van der Waals surface area contributed by atoms with Crippen LogP contribution in [0.15, 0.2) is 10.6 Å². The summed E-state index contributed by atoms with van der Waals surface area (Å²) in [7, 11) is 0. The Bertz CT molecular complexity index is 323. The van der Waals surface area contributed by atoms with Gasteiger partial charge in [-0.1, -0.05) is 32.9 Å². The van der Waals surface area contributed by atoms with Crippen LogP contribution < -0.4 is 5.32 Å². The highest BCUT2D eigenvalue weighted by atomic mass is 16.5. The van der Waals surface area contributed by atoms with Crippen LogP contribution >= 0.6 is 0 Å². The minimum Gasteiger partial charge on any atom is -0.360 e. The van der Waals surface area contributed by atoms with Gasteiger partial charge in [0.25, 0.3) is 0 Å². The average molecular weight is 253 g/mol. The Kier molecular flexibility index (Phi) is 6.98. The molecule has 0 unspecified atom stereocenters. The number of hydrogen-bond acceptors (Lipinski definition) is 4. The van der Waals surface area contributed by atoms with Crippen molar-refractivity contribution in [1.29, 1.82) is 0 Å². The molecule has 0 spiro atoms. The molecule has 4 nitrogen and oxygen atoms in total. The molecule has 104 valence electrons. The molecule has 0 saturated heterocycles. The minimum atomic E-state index is 0.679. The summed E-state index contributed by atoms with van der Waals surface area (Å²) < 4.78 is 5.38. The summed E-state index contributed by atoms with van der Waals surface area (Å²) in [6.45, 7) is 13.6. The van der Waals surface area contributed by atoms with Crippen LogP contribution in [0.1, 0.15) is 45.6 Å². The molecule has 0 aromatic carbocycles. The first kappa shape index (κ1) is 15.2. The first-order chi connectivity index (χ1) is 8.65. The second-order valence-electron chi connectivity index (χ2n) is 5.18. The molecule has 0 aliphatic heterocycles. The fourth-order valence-electron chi connectivity index (χ4n) is 1.95. The van der Waals surface area contributed by atoms with E-state index in [9.17, 15) is 0 Å². The molecule has 4 heteroatoms. The Balaban J connectivity index is 2.41. The standard InChI is InChI=1S/C14H27N3O/c1-5-7-15-9-13-8-14(18-16-13)11-17(6-2)10-12(3)4/h8,12,15H,5-7,9-11H2,1-4H3. The van der Waals surface area contributed by atoms with E-state index in [0.29, 0.717) is 5.92 Å². The fraction of sp³-hybridized carbons (Fsp3) is 0.786. The van der Waals surface area contributed by atoms with Crippen LogP contribution in [-0.2, 0) is 13.1 Å². The first-order valence-electron chi connectivity index (χ1n) is 7.03. The van der Waals surface area contributed by atoms with Crippen molar-refractivity contribution in [3.05, 3.63) is 17.5 Å². The Labute approximate surface area is 111 Å². The largest absolute Gasteiger partial charge is 0.360 e. The Hall–Kier alpha value is -0.870. The molecule has 0 bridgehead atoms. The first-order valence-corrected chi connectivity index (χ1v) is 7.03. The summed E-state index contributed by atoms with van der Waals surface area (Å²) in [4.78, 5) is 2.38. The summed E-state index contributed by atoms with van der Waals surface area (Å²) in [6, 6.07) is 2.06. The number of rotatable bonds is 9. The fourth-order valence-corrected chi connectivity index (χ4v) is 1.95. The summed E-state index contributed by atoms with van der Waals surface area (Å²) >= 11 is 0. The number of hydrogen-bond donors (Lipinski definition) is 1. The van der Waals surface area contributed by atoms with Crippen molar-refractivity contribution in [2.45, 2.75) is 47.2 Å². The zero-order valence-corrected chi connectivity index (χ0v) is 12.2. The van der Waals surface area contributed by atoms with E-state index in [1.54, 1.807) is 0 Å². The van der Waals surface area contributed by atoms with Crippen molar-refractivity contribution in [2.75, 3.05) is 19.6 Å². The van der Waals surface area contributed by atoms with E-state index in [-0.39, 0.29) is 0 Å². The third-order valence-corrected chi connectivity index (χ3v) is 2.79. The van der Waals surface area contributed by atoms with Gasteiger partial charge in [-0.3, -0.25) is 4.90 Å². The zero-order chi connectivity index (χ0) is 13.4. The van der Waals surface area contributed by atoms with Gasteiger partial charge in [0, 0.05) is 19.2 Å². The van der Waals surface area contributed by atoms with Crippen LogP contribution in [0.2, 0.25) is 0 Å². The van der Waals surface area contributed by atoms with Crippen LogP contribution in [0.3, 0.4) is 0 Å². The molecular weight excluding hydrogens is 226 g/mol. The third-order valence-electron chi connectivity index (χ3n) is 2.79. The van der Waals surface area contributed by atoms with E-state index in [1.165, 1.54) is 0 Å². The van der Waals surface area contributed by atoms with Crippen LogP contribution in [0.25, 0.3) is 0 Å². The molecule has 0 aliphatic rings. The monoisotopic (exact) mass is 253 g/mol. The molecule has 1 aromatic heterocycles. The van der Waals surface area contributed by atoms with E-state index in [0.717, 1.165) is 50.6 Å². The maximum absolute atomic E-state index is 5.38. The van der Waals surface area contributed by atoms with Crippen LogP contribution in [0.4, 0.5) is 0 Å². The van der Waals surface area contributed by atoms with Crippen LogP contribution in [0.5, 0.6) is 0 Å². The summed E-state index contributed by atoms with van der Waals surface area (Å²) in [5, 5.41) is 7.42. The van der Waals surface area contributed by atoms with Gasteiger partial charge in [-0.05, 0) is 25.4 Å². The van der Waals surface area contributed by atoms with E-state index in [4.69, 9.17) is 4.52 Å². The van der Waals surface area contributed by atoms with Gasteiger partial charge in [0.15, 0.2) is 5.76 Å². The van der Waals surface area contributed by atoms with Crippen molar-refractivity contribution >= 4 is 0 Å². The molecule has 0 amide bonds. The summed E-state index contributed by atoms with van der Waals surface area (Å²) in [6.07, 6.45) is 1.14. The molecule has 1 aromatic rings. The van der Waals surface area contributed by atoms with Gasteiger partial charge in [0.1, 0.15) is 0 Å². The molecule has 0 atom stereocenters. The second-order valence-corrected chi connectivity index (χ2v) is 5.18. The minimum absolute atomic E-state index is 0.679. The molecule has 0 saturated carbocycles. The van der Waals surface area contributed by atoms with Gasteiger partial charge < -0.3 is 9.84 Å². The SMILES string of the molecule is CCCNCc1cc(CN(CC)CC(C)C)on1. The summed E-state index contributed by atoms with van der Waals surface area (Å²) in [5.41, 5.74) is 0.999. The maximum atomic E-state index is 5.38. The van der Waals surface area contributed by atoms with Gasteiger partial charge >= 0.3 is 0 Å². The van der Waals surface area contributed by atoms with Crippen LogP contribution in [0, 0.1) is 5.92 Å². The number of nitrogens with one attached hydrogen (secondary N) is 1. The van der Waals surface area contributed by atoms with Gasteiger partial charge in [-0.25, -0.2) is 0 Å². The average Bonchev–Trinajstić information content (AvgIpc) is 2.76. The van der Waals surface area contributed by atoms with Gasteiger partial charge in [0.2, 0.25) is 0 Å². The number of aromatic nitrogens is 1. The second kappa shape index (κ2) is 8.27. The molecule has 0 aliphatic carbocycles. The van der Waals surface area contributed by atoms with E-state index in [2.05, 4.69) is 49.1 Å². The Morgan fingerprint density at radius 1 is 1.39 bits per heavy atom. The lowest BCUT2D eigenvalue weighted by molar-refractivity contribution is 0.218. The van der Waals surface area contributed by atoms with Crippen molar-refractivity contribution in [3.8, 4) is 0 Å². The highest BCUT2D eigenvalue weighted by Gasteiger charge is 2.10. The molecule has 1 rings (SSSR count). The van der Waals surface area contributed by atoms with Crippen molar-refractivity contribution in [2.24, 2.45) is 5.92 Å². The third kappa shape index (κ3) is 5.65. The van der Waals surface area contributed by atoms with E-state index in [1.807, 2.05) is 0 Å². The topological polar surface area (TPSA) is 41.3 Å². The molecule has 0 fully saturated rings. The van der Waals surface area contributed by atoms with Crippen LogP contribution in [-0.4, -0.2) is 29.7 Å². The lowest BCUT2D eigenvalue weighted by atomic mass is 10.2.